The maximum Gasteiger partial charge on any atom is 0.101 e. The van der Waals surface area contributed by atoms with Crippen LogP contribution in [0.25, 0.3) is 0 Å². The molecule has 5 heteroatoms. The number of nitrogens with zero attached hydrogens (tertiary/aromatic N) is 4. The van der Waals surface area contributed by atoms with Crippen molar-refractivity contribution >= 4 is 11.4 Å². The molecule has 0 radical (unpaired) electrons. The second-order valence-corrected chi connectivity index (χ2v) is 6.01. The summed E-state index contributed by atoms with van der Waals surface area (Å²) >= 11 is 0. The van der Waals surface area contributed by atoms with Gasteiger partial charge in [0.2, 0.25) is 0 Å². The van der Waals surface area contributed by atoms with Gasteiger partial charge in [0.05, 0.1) is 30.0 Å². The van der Waals surface area contributed by atoms with Crippen molar-refractivity contribution < 1.29 is 4.74 Å². The molecule has 0 spiro atoms. The Hall–Kier alpha value is -3.02. The summed E-state index contributed by atoms with van der Waals surface area (Å²) in [6.45, 7) is 3.85. The van der Waals surface area contributed by atoms with Crippen LogP contribution in [0.4, 0.5) is 11.4 Å². The number of rotatable bonds is 4. The number of nitriles is 2. The van der Waals surface area contributed by atoms with Crippen LogP contribution < -0.4 is 9.80 Å². The molecular weight excluding hydrogens is 312 g/mol. The van der Waals surface area contributed by atoms with E-state index < -0.39 is 0 Å². The lowest BCUT2D eigenvalue weighted by Crippen LogP contribution is -2.37. The Balaban J connectivity index is 1.91. The number of morpholine rings is 1. The first kappa shape index (κ1) is 16.8. The molecule has 1 heterocycles. The van der Waals surface area contributed by atoms with Crippen molar-refractivity contribution in [2.45, 2.75) is 6.54 Å². The summed E-state index contributed by atoms with van der Waals surface area (Å²) in [4.78, 5) is 4.31. The van der Waals surface area contributed by atoms with Gasteiger partial charge in [0.15, 0.2) is 0 Å². The van der Waals surface area contributed by atoms with E-state index in [1.165, 1.54) is 11.3 Å². The minimum absolute atomic E-state index is 0.519. The largest absolute Gasteiger partial charge is 0.378 e. The number of benzene rings is 2. The van der Waals surface area contributed by atoms with Crippen LogP contribution in [0.2, 0.25) is 0 Å². The predicted molar refractivity (Wildman–Crippen MR) is 97.5 cm³/mol. The molecular formula is C20H20N4O. The normalized spacial score (nSPS) is 13.8. The molecule has 126 valence electrons. The summed E-state index contributed by atoms with van der Waals surface area (Å²) in [5.41, 5.74) is 4.08. The fourth-order valence-corrected chi connectivity index (χ4v) is 3.23. The van der Waals surface area contributed by atoms with Crippen LogP contribution in [-0.4, -0.2) is 33.4 Å². The quantitative estimate of drug-likeness (QED) is 0.861. The highest BCUT2D eigenvalue weighted by molar-refractivity contribution is 5.68. The Bertz CT molecular complexity index is 796. The lowest BCUT2D eigenvalue weighted by atomic mass is 10.1. The third-order valence-electron chi connectivity index (χ3n) is 4.41. The Morgan fingerprint density at radius 3 is 2.28 bits per heavy atom. The molecule has 0 saturated carbocycles. The van der Waals surface area contributed by atoms with Crippen LogP contribution in [0.5, 0.6) is 0 Å². The number of ether oxygens (including phenoxy) is 1. The molecule has 0 atom stereocenters. The van der Waals surface area contributed by atoms with Gasteiger partial charge in [0, 0.05) is 32.4 Å². The van der Waals surface area contributed by atoms with Crippen LogP contribution in [0.15, 0.2) is 42.5 Å². The van der Waals surface area contributed by atoms with Crippen molar-refractivity contribution in [3.8, 4) is 12.1 Å². The number of anilines is 2. The van der Waals surface area contributed by atoms with Crippen molar-refractivity contribution in [2.24, 2.45) is 0 Å². The molecule has 0 aromatic heterocycles. The van der Waals surface area contributed by atoms with Gasteiger partial charge in [-0.05, 0) is 23.8 Å². The van der Waals surface area contributed by atoms with Crippen LogP contribution >= 0.6 is 0 Å². The van der Waals surface area contributed by atoms with E-state index in [1.807, 2.05) is 24.1 Å². The second-order valence-electron chi connectivity index (χ2n) is 6.01. The summed E-state index contributed by atoms with van der Waals surface area (Å²) in [5.74, 6) is 0. The fourth-order valence-electron chi connectivity index (χ4n) is 3.23. The third kappa shape index (κ3) is 3.57. The first-order chi connectivity index (χ1) is 12.2. The Morgan fingerprint density at radius 1 is 1.00 bits per heavy atom. The highest BCUT2D eigenvalue weighted by atomic mass is 16.5. The molecule has 2 aromatic carbocycles. The van der Waals surface area contributed by atoms with Gasteiger partial charge < -0.3 is 14.5 Å². The average molecular weight is 332 g/mol. The standard InChI is InChI=1S/C20H20N4O/c1-23(20-16(13-21)6-4-7-17(20)14-22)15-18-5-2-3-8-19(18)24-9-11-25-12-10-24/h2-8H,9-12,15H2,1H3. The van der Waals surface area contributed by atoms with Crippen LogP contribution in [0.3, 0.4) is 0 Å². The molecule has 0 unspecified atom stereocenters. The minimum Gasteiger partial charge on any atom is -0.378 e. The Labute approximate surface area is 148 Å². The first-order valence-corrected chi connectivity index (χ1v) is 8.29. The van der Waals surface area contributed by atoms with Gasteiger partial charge >= 0.3 is 0 Å². The number of hydrogen-bond acceptors (Lipinski definition) is 5. The molecule has 1 saturated heterocycles. The van der Waals surface area contributed by atoms with Gasteiger partial charge in [-0.1, -0.05) is 24.3 Å². The third-order valence-corrected chi connectivity index (χ3v) is 4.41. The van der Waals surface area contributed by atoms with Crippen molar-refractivity contribution in [1.82, 2.24) is 0 Å². The molecule has 0 bridgehead atoms. The van der Waals surface area contributed by atoms with Crippen LogP contribution in [0.1, 0.15) is 16.7 Å². The molecule has 1 fully saturated rings. The zero-order valence-electron chi connectivity index (χ0n) is 14.3. The smallest absolute Gasteiger partial charge is 0.101 e. The predicted octanol–water partition coefficient (Wildman–Crippen LogP) is 2.90. The first-order valence-electron chi connectivity index (χ1n) is 8.29. The van der Waals surface area contributed by atoms with E-state index in [0.29, 0.717) is 23.4 Å². The number of hydrogen-bond donors (Lipinski definition) is 0. The van der Waals surface area contributed by atoms with E-state index in [-0.39, 0.29) is 0 Å². The van der Waals surface area contributed by atoms with E-state index in [0.717, 1.165) is 26.3 Å². The molecule has 1 aliphatic heterocycles. The van der Waals surface area contributed by atoms with E-state index >= 15 is 0 Å². The molecule has 0 amide bonds. The maximum absolute atomic E-state index is 9.40. The van der Waals surface area contributed by atoms with E-state index in [1.54, 1.807) is 18.2 Å². The molecule has 5 nitrogen and oxygen atoms in total. The highest BCUT2D eigenvalue weighted by Crippen LogP contribution is 2.28. The molecule has 3 rings (SSSR count). The SMILES string of the molecule is CN(Cc1ccccc1N1CCOCC1)c1c(C#N)cccc1C#N. The molecule has 25 heavy (non-hydrogen) atoms. The molecule has 0 N–H and O–H groups in total. The average Bonchev–Trinajstić information content (AvgIpc) is 2.68. The summed E-state index contributed by atoms with van der Waals surface area (Å²) in [6.07, 6.45) is 0. The minimum atomic E-state index is 0.519. The van der Waals surface area contributed by atoms with E-state index in [4.69, 9.17) is 4.74 Å². The monoisotopic (exact) mass is 332 g/mol. The maximum atomic E-state index is 9.40. The van der Waals surface area contributed by atoms with Gasteiger partial charge in [-0.25, -0.2) is 0 Å². The Kier molecular flexibility index (Phi) is 5.18. The molecule has 1 aliphatic rings. The number of para-hydroxylation sites is 2. The molecule has 2 aromatic rings. The zero-order valence-corrected chi connectivity index (χ0v) is 14.3. The van der Waals surface area contributed by atoms with Gasteiger partial charge in [0.25, 0.3) is 0 Å². The van der Waals surface area contributed by atoms with Crippen molar-refractivity contribution in [3.05, 3.63) is 59.2 Å². The van der Waals surface area contributed by atoms with Gasteiger partial charge in [0.1, 0.15) is 12.1 Å². The zero-order chi connectivity index (χ0) is 17.6. The van der Waals surface area contributed by atoms with Crippen molar-refractivity contribution in [1.29, 1.82) is 10.5 Å². The lowest BCUT2D eigenvalue weighted by Gasteiger charge is -2.32. The van der Waals surface area contributed by atoms with Crippen molar-refractivity contribution in [3.63, 3.8) is 0 Å². The van der Waals surface area contributed by atoms with E-state index in [2.05, 4.69) is 29.2 Å². The topological polar surface area (TPSA) is 63.3 Å². The highest BCUT2D eigenvalue weighted by Gasteiger charge is 2.18. The Morgan fingerprint density at radius 2 is 1.64 bits per heavy atom. The van der Waals surface area contributed by atoms with Crippen molar-refractivity contribution in [2.75, 3.05) is 43.2 Å². The van der Waals surface area contributed by atoms with E-state index in [9.17, 15) is 10.5 Å². The summed E-state index contributed by atoms with van der Waals surface area (Å²) < 4.78 is 5.45. The second kappa shape index (κ2) is 7.70. The van der Waals surface area contributed by atoms with Gasteiger partial charge in [-0.3, -0.25) is 0 Å². The summed E-state index contributed by atoms with van der Waals surface area (Å²) in [7, 11) is 1.92. The summed E-state index contributed by atoms with van der Waals surface area (Å²) in [6, 6.07) is 17.9. The molecule has 0 aliphatic carbocycles. The van der Waals surface area contributed by atoms with Gasteiger partial charge in [-0.2, -0.15) is 10.5 Å². The lowest BCUT2D eigenvalue weighted by molar-refractivity contribution is 0.122. The van der Waals surface area contributed by atoms with Gasteiger partial charge in [-0.15, -0.1) is 0 Å². The van der Waals surface area contributed by atoms with Crippen LogP contribution in [0, 0.1) is 22.7 Å². The summed E-state index contributed by atoms with van der Waals surface area (Å²) in [5, 5.41) is 18.8. The van der Waals surface area contributed by atoms with Crippen LogP contribution in [-0.2, 0) is 11.3 Å². The fraction of sp³-hybridized carbons (Fsp3) is 0.300.